The van der Waals surface area contributed by atoms with E-state index >= 15 is 0 Å². The smallest absolute Gasteiger partial charge is 0.180 e. The molecule has 5 nitrogen and oxygen atoms in total. The third-order valence-corrected chi connectivity index (χ3v) is 1.90. The van der Waals surface area contributed by atoms with Gasteiger partial charge in [-0.1, -0.05) is 6.07 Å². The number of nitrogens with one attached hydrogen (secondary N) is 1. The van der Waals surface area contributed by atoms with E-state index in [1.54, 1.807) is 12.3 Å². The maximum Gasteiger partial charge on any atom is 0.180 e. The number of hydrazine groups is 1. The minimum Gasteiger partial charge on any atom is -0.308 e. The minimum atomic E-state index is 0.573. The molecule has 0 fully saturated rings. The van der Waals surface area contributed by atoms with E-state index in [4.69, 9.17) is 5.84 Å². The van der Waals surface area contributed by atoms with Gasteiger partial charge in [-0.3, -0.25) is 4.98 Å². The van der Waals surface area contributed by atoms with Crippen LogP contribution in [-0.4, -0.2) is 15.0 Å². The zero-order chi connectivity index (χ0) is 10.7. The molecule has 2 heterocycles. The number of aryl methyl sites for hydroxylation is 1. The first kappa shape index (κ1) is 9.54. The lowest BCUT2D eigenvalue weighted by molar-refractivity contribution is 1.08. The molecule has 0 unspecified atom stereocenters. The van der Waals surface area contributed by atoms with Crippen LogP contribution in [0.5, 0.6) is 0 Å². The molecular weight excluding hydrogens is 190 g/mol. The summed E-state index contributed by atoms with van der Waals surface area (Å²) in [5, 5.41) is 0. The van der Waals surface area contributed by atoms with E-state index in [-0.39, 0.29) is 0 Å². The van der Waals surface area contributed by atoms with Crippen LogP contribution in [0.4, 0.5) is 5.82 Å². The molecule has 0 amide bonds. The van der Waals surface area contributed by atoms with Crippen LogP contribution >= 0.6 is 0 Å². The Bertz CT molecular complexity index is 455. The second-order valence-corrected chi connectivity index (χ2v) is 3.08. The summed E-state index contributed by atoms with van der Waals surface area (Å²) in [4.78, 5) is 12.7. The summed E-state index contributed by atoms with van der Waals surface area (Å²) in [6.45, 7) is 1.88. The van der Waals surface area contributed by atoms with Gasteiger partial charge in [-0.2, -0.15) is 0 Å². The van der Waals surface area contributed by atoms with Crippen LogP contribution in [0.2, 0.25) is 0 Å². The molecule has 0 spiro atoms. The molecule has 0 radical (unpaired) electrons. The highest BCUT2D eigenvalue weighted by Crippen LogP contribution is 2.14. The van der Waals surface area contributed by atoms with Gasteiger partial charge < -0.3 is 5.43 Å². The third kappa shape index (κ3) is 2.08. The first-order valence-electron chi connectivity index (χ1n) is 4.53. The van der Waals surface area contributed by atoms with Crippen LogP contribution in [0.1, 0.15) is 5.69 Å². The Morgan fingerprint density at radius 1 is 1.27 bits per heavy atom. The SMILES string of the molecule is Cc1cc(NN)nc(-c2ccccn2)n1. The van der Waals surface area contributed by atoms with E-state index < -0.39 is 0 Å². The first-order valence-corrected chi connectivity index (χ1v) is 4.53. The van der Waals surface area contributed by atoms with Crippen molar-refractivity contribution < 1.29 is 0 Å². The minimum absolute atomic E-state index is 0.573. The lowest BCUT2D eigenvalue weighted by atomic mass is 10.3. The summed E-state index contributed by atoms with van der Waals surface area (Å²) < 4.78 is 0. The van der Waals surface area contributed by atoms with Crippen molar-refractivity contribution in [2.45, 2.75) is 6.92 Å². The number of rotatable bonds is 2. The Kier molecular flexibility index (Phi) is 2.55. The number of pyridine rings is 1. The van der Waals surface area contributed by atoms with Crippen LogP contribution in [0.25, 0.3) is 11.5 Å². The molecule has 2 aromatic rings. The van der Waals surface area contributed by atoms with Gasteiger partial charge >= 0.3 is 0 Å². The van der Waals surface area contributed by atoms with Crippen LogP contribution in [0, 0.1) is 6.92 Å². The van der Waals surface area contributed by atoms with Gasteiger partial charge in [0.1, 0.15) is 11.5 Å². The highest BCUT2D eigenvalue weighted by molar-refractivity contribution is 5.52. The van der Waals surface area contributed by atoms with E-state index in [9.17, 15) is 0 Å². The first-order chi connectivity index (χ1) is 7.29. The highest BCUT2D eigenvalue weighted by atomic mass is 15.3. The molecule has 0 atom stereocenters. The average Bonchev–Trinajstić information content (AvgIpc) is 2.29. The topological polar surface area (TPSA) is 76.7 Å². The Labute approximate surface area is 87.4 Å². The number of anilines is 1. The van der Waals surface area contributed by atoms with Crippen molar-refractivity contribution in [3.8, 4) is 11.5 Å². The lowest BCUT2D eigenvalue weighted by Crippen LogP contribution is -2.10. The molecule has 0 aromatic carbocycles. The summed E-state index contributed by atoms with van der Waals surface area (Å²) in [6, 6.07) is 7.37. The van der Waals surface area contributed by atoms with E-state index in [0.717, 1.165) is 11.4 Å². The number of hydrogen-bond acceptors (Lipinski definition) is 5. The van der Waals surface area contributed by atoms with Crippen molar-refractivity contribution in [2.75, 3.05) is 5.43 Å². The quantitative estimate of drug-likeness (QED) is 0.562. The average molecular weight is 201 g/mol. The molecular formula is C10H11N5. The van der Waals surface area contributed by atoms with Gasteiger partial charge in [0.2, 0.25) is 0 Å². The largest absolute Gasteiger partial charge is 0.308 e. The predicted octanol–water partition coefficient (Wildman–Crippen LogP) is 1.13. The molecule has 2 aromatic heterocycles. The second-order valence-electron chi connectivity index (χ2n) is 3.08. The van der Waals surface area contributed by atoms with Gasteiger partial charge in [-0.15, -0.1) is 0 Å². The highest BCUT2D eigenvalue weighted by Gasteiger charge is 2.04. The third-order valence-electron chi connectivity index (χ3n) is 1.90. The molecule has 0 bridgehead atoms. The van der Waals surface area contributed by atoms with E-state index in [2.05, 4.69) is 20.4 Å². The van der Waals surface area contributed by atoms with Gasteiger partial charge in [0.05, 0.1) is 0 Å². The van der Waals surface area contributed by atoms with E-state index in [0.29, 0.717) is 11.6 Å². The fourth-order valence-electron chi connectivity index (χ4n) is 1.25. The zero-order valence-electron chi connectivity index (χ0n) is 8.31. The van der Waals surface area contributed by atoms with E-state index in [1.807, 2.05) is 25.1 Å². The number of aromatic nitrogens is 3. The summed E-state index contributed by atoms with van der Waals surface area (Å²) in [7, 11) is 0. The Balaban J connectivity index is 2.49. The van der Waals surface area contributed by atoms with Crippen molar-refractivity contribution in [3.05, 3.63) is 36.2 Å². The van der Waals surface area contributed by atoms with Crippen molar-refractivity contribution >= 4 is 5.82 Å². The molecule has 15 heavy (non-hydrogen) atoms. The maximum absolute atomic E-state index is 5.30. The van der Waals surface area contributed by atoms with Gasteiger partial charge in [0.15, 0.2) is 5.82 Å². The lowest BCUT2D eigenvalue weighted by Gasteiger charge is -2.04. The van der Waals surface area contributed by atoms with Gasteiger partial charge in [-0.25, -0.2) is 15.8 Å². The van der Waals surface area contributed by atoms with Crippen molar-refractivity contribution in [2.24, 2.45) is 5.84 Å². The standard InChI is InChI=1S/C10H11N5/c1-7-6-9(15-11)14-10(13-7)8-4-2-3-5-12-8/h2-6H,11H2,1H3,(H,13,14,15). The molecule has 3 N–H and O–H groups in total. The molecule has 0 saturated carbocycles. The number of nitrogens with zero attached hydrogens (tertiary/aromatic N) is 3. The Morgan fingerprint density at radius 3 is 2.80 bits per heavy atom. The van der Waals surface area contributed by atoms with Crippen LogP contribution in [0.3, 0.4) is 0 Å². The summed E-state index contributed by atoms with van der Waals surface area (Å²) in [5.41, 5.74) is 4.08. The molecule has 76 valence electrons. The van der Waals surface area contributed by atoms with Crippen molar-refractivity contribution in [3.63, 3.8) is 0 Å². The fraction of sp³-hybridized carbons (Fsp3) is 0.100. The van der Waals surface area contributed by atoms with Crippen LogP contribution in [-0.2, 0) is 0 Å². The second kappa shape index (κ2) is 4.02. The summed E-state index contributed by atoms with van der Waals surface area (Å²) in [6.07, 6.45) is 1.70. The number of nitrogen functional groups attached to an aromatic ring is 1. The predicted molar refractivity (Wildman–Crippen MR) is 57.8 cm³/mol. The fourth-order valence-corrected chi connectivity index (χ4v) is 1.25. The molecule has 5 heteroatoms. The van der Waals surface area contributed by atoms with Gasteiger partial charge in [0.25, 0.3) is 0 Å². The van der Waals surface area contributed by atoms with Crippen LogP contribution < -0.4 is 11.3 Å². The van der Waals surface area contributed by atoms with Gasteiger partial charge in [0, 0.05) is 18.0 Å². The molecule has 2 rings (SSSR count). The van der Waals surface area contributed by atoms with Gasteiger partial charge in [-0.05, 0) is 19.1 Å². The Morgan fingerprint density at radius 2 is 2.13 bits per heavy atom. The molecule has 0 aliphatic carbocycles. The zero-order valence-corrected chi connectivity index (χ0v) is 8.31. The number of nitrogens with two attached hydrogens (primary N) is 1. The summed E-state index contributed by atoms with van der Waals surface area (Å²) >= 11 is 0. The Hall–Kier alpha value is -2.01. The van der Waals surface area contributed by atoms with Crippen LogP contribution in [0.15, 0.2) is 30.5 Å². The molecule has 0 saturated heterocycles. The van der Waals surface area contributed by atoms with Crippen molar-refractivity contribution in [1.82, 2.24) is 15.0 Å². The van der Waals surface area contributed by atoms with Crippen molar-refractivity contribution in [1.29, 1.82) is 0 Å². The number of hydrogen-bond donors (Lipinski definition) is 2. The monoisotopic (exact) mass is 201 g/mol. The van der Waals surface area contributed by atoms with E-state index in [1.165, 1.54) is 0 Å². The summed E-state index contributed by atoms with van der Waals surface area (Å²) in [5.74, 6) is 6.46. The molecule has 0 aliphatic heterocycles. The normalized spacial score (nSPS) is 10.0. The maximum atomic E-state index is 5.30. The molecule has 0 aliphatic rings.